The van der Waals surface area contributed by atoms with Crippen molar-refractivity contribution in [3.63, 3.8) is 0 Å². The highest BCUT2D eigenvalue weighted by molar-refractivity contribution is 5.94. The monoisotopic (exact) mass is 347 g/mol. The molecule has 132 valence electrons. The average Bonchev–Trinajstić information content (AvgIpc) is 2.55. The Bertz CT molecular complexity index is 831. The Balaban J connectivity index is 2.29. The number of rotatable bonds is 6. The van der Waals surface area contributed by atoms with Crippen molar-refractivity contribution in [3.05, 3.63) is 58.3 Å². The molecule has 25 heavy (non-hydrogen) atoms. The van der Waals surface area contributed by atoms with E-state index in [1.807, 2.05) is 13.8 Å². The number of benzene rings is 1. The molecule has 1 amide bonds. The van der Waals surface area contributed by atoms with Gasteiger partial charge < -0.3 is 10.4 Å². The molecule has 0 fully saturated rings. The third kappa shape index (κ3) is 4.72. The van der Waals surface area contributed by atoms with Crippen molar-refractivity contribution in [2.45, 2.75) is 26.3 Å². The number of nitrogens with one attached hydrogen (secondary N) is 1. The number of hydrogen-bond donors (Lipinski definition) is 2. The van der Waals surface area contributed by atoms with E-state index < -0.39 is 29.3 Å². The SMILES string of the molecule is CC(C)C[C@@H](NC(=O)c1ccc(=O)n(-c2ccc(F)cc2)n1)C(=O)O. The van der Waals surface area contributed by atoms with Crippen LogP contribution < -0.4 is 10.9 Å². The van der Waals surface area contributed by atoms with Crippen LogP contribution in [0.1, 0.15) is 30.8 Å². The molecule has 0 saturated carbocycles. The molecule has 1 aromatic heterocycles. The molecule has 0 aliphatic heterocycles. The Morgan fingerprint density at radius 1 is 1.20 bits per heavy atom. The average molecular weight is 347 g/mol. The standard InChI is InChI=1S/C17H18FN3O4/c1-10(2)9-14(17(24)25)19-16(23)13-7-8-15(22)21(20-13)12-5-3-11(18)4-6-12/h3-8,10,14H,9H2,1-2H3,(H,19,23)(H,24,25)/t14-/m1/s1. The lowest BCUT2D eigenvalue weighted by Gasteiger charge is -2.16. The third-order valence-corrected chi connectivity index (χ3v) is 3.41. The van der Waals surface area contributed by atoms with Crippen LogP contribution in [0, 0.1) is 11.7 Å². The summed E-state index contributed by atoms with van der Waals surface area (Å²) in [5.74, 6) is -2.25. The Morgan fingerprint density at radius 3 is 2.40 bits per heavy atom. The second-order valence-corrected chi connectivity index (χ2v) is 5.94. The number of carboxylic acid groups (broad SMARTS) is 1. The summed E-state index contributed by atoms with van der Waals surface area (Å²) >= 11 is 0. The number of aliphatic carboxylic acids is 1. The van der Waals surface area contributed by atoms with Gasteiger partial charge in [-0.1, -0.05) is 13.8 Å². The second kappa shape index (κ2) is 7.69. The van der Waals surface area contributed by atoms with Gasteiger partial charge in [0.25, 0.3) is 11.5 Å². The highest BCUT2D eigenvalue weighted by Gasteiger charge is 2.22. The summed E-state index contributed by atoms with van der Waals surface area (Å²) in [5, 5.41) is 15.5. The molecule has 0 aliphatic rings. The first-order chi connectivity index (χ1) is 11.8. The Hall–Kier alpha value is -3.03. The van der Waals surface area contributed by atoms with Gasteiger partial charge in [-0.15, -0.1) is 0 Å². The van der Waals surface area contributed by atoms with Crippen LogP contribution in [0.15, 0.2) is 41.2 Å². The molecular weight excluding hydrogens is 329 g/mol. The zero-order valence-electron chi connectivity index (χ0n) is 13.8. The molecule has 2 N–H and O–H groups in total. The zero-order chi connectivity index (χ0) is 18.6. The summed E-state index contributed by atoms with van der Waals surface area (Å²) in [5.41, 5.74) is -0.322. The van der Waals surface area contributed by atoms with Crippen LogP contribution in [0.3, 0.4) is 0 Å². The molecule has 0 unspecified atom stereocenters. The maximum absolute atomic E-state index is 13.0. The van der Waals surface area contributed by atoms with Crippen molar-refractivity contribution in [2.24, 2.45) is 5.92 Å². The first-order valence-corrected chi connectivity index (χ1v) is 7.68. The van der Waals surface area contributed by atoms with Gasteiger partial charge in [0.15, 0.2) is 0 Å². The van der Waals surface area contributed by atoms with Crippen molar-refractivity contribution < 1.29 is 19.1 Å². The molecule has 0 bridgehead atoms. The van der Waals surface area contributed by atoms with E-state index in [1.54, 1.807) is 0 Å². The highest BCUT2D eigenvalue weighted by atomic mass is 19.1. The van der Waals surface area contributed by atoms with E-state index in [1.165, 1.54) is 30.3 Å². The molecule has 0 saturated heterocycles. The molecule has 1 heterocycles. The molecule has 1 atom stereocenters. The molecule has 0 spiro atoms. The van der Waals surface area contributed by atoms with Crippen LogP contribution >= 0.6 is 0 Å². The van der Waals surface area contributed by atoms with Gasteiger partial charge >= 0.3 is 5.97 Å². The maximum atomic E-state index is 13.0. The third-order valence-electron chi connectivity index (χ3n) is 3.41. The molecule has 2 rings (SSSR count). The summed E-state index contributed by atoms with van der Waals surface area (Å²) in [6.45, 7) is 3.68. The van der Waals surface area contributed by atoms with E-state index >= 15 is 0 Å². The molecule has 0 radical (unpaired) electrons. The molecule has 8 heteroatoms. The number of halogens is 1. The quantitative estimate of drug-likeness (QED) is 0.826. The van der Waals surface area contributed by atoms with E-state index in [-0.39, 0.29) is 23.7 Å². The number of carbonyl (C=O) groups excluding carboxylic acids is 1. The van der Waals surface area contributed by atoms with Crippen molar-refractivity contribution in [2.75, 3.05) is 0 Å². The lowest BCUT2D eigenvalue weighted by Crippen LogP contribution is -2.42. The van der Waals surface area contributed by atoms with Gasteiger partial charge in [-0.25, -0.2) is 9.18 Å². The second-order valence-electron chi connectivity index (χ2n) is 5.94. The normalized spacial score (nSPS) is 12.0. The van der Waals surface area contributed by atoms with E-state index in [0.29, 0.717) is 0 Å². The lowest BCUT2D eigenvalue weighted by molar-refractivity contribution is -0.139. The number of amides is 1. The summed E-state index contributed by atoms with van der Waals surface area (Å²) in [6.07, 6.45) is 0.263. The predicted octanol–water partition coefficient (Wildman–Crippen LogP) is 1.60. The van der Waals surface area contributed by atoms with Crippen LogP contribution in [-0.4, -0.2) is 32.8 Å². The molecule has 1 aromatic carbocycles. The van der Waals surface area contributed by atoms with Gasteiger partial charge in [0.1, 0.15) is 17.6 Å². The van der Waals surface area contributed by atoms with Crippen LogP contribution in [0.25, 0.3) is 5.69 Å². The number of carbonyl (C=O) groups is 2. The van der Waals surface area contributed by atoms with Crippen molar-refractivity contribution >= 4 is 11.9 Å². The van der Waals surface area contributed by atoms with Gasteiger partial charge in [-0.2, -0.15) is 9.78 Å². The fourth-order valence-corrected chi connectivity index (χ4v) is 2.22. The van der Waals surface area contributed by atoms with Crippen molar-refractivity contribution in [1.82, 2.24) is 15.1 Å². The van der Waals surface area contributed by atoms with Gasteiger partial charge in [-0.05, 0) is 42.7 Å². The van der Waals surface area contributed by atoms with Gasteiger partial charge in [0.2, 0.25) is 0 Å². The van der Waals surface area contributed by atoms with Gasteiger partial charge in [-0.3, -0.25) is 9.59 Å². The van der Waals surface area contributed by atoms with E-state index in [9.17, 15) is 23.9 Å². The Morgan fingerprint density at radius 2 is 1.84 bits per heavy atom. The number of nitrogens with zero attached hydrogens (tertiary/aromatic N) is 2. The smallest absolute Gasteiger partial charge is 0.326 e. The minimum Gasteiger partial charge on any atom is -0.480 e. The Labute approximate surface area is 143 Å². The molecule has 0 aliphatic carbocycles. The van der Waals surface area contributed by atoms with Gasteiger partial charge in [0.05, 0.1) is 5.69 Å². The Kier molecular flexibility index (Phi) is 5.63. The first-order valence-electron chi connectivity index (χ1n) is 7.68. The van der Waals surface area contributed by atoms with E-state index in [2.05, 4.69) is 10.4 Å². The number of hydrogen-bond acceptors (Lipinski definition) is 4. The fraction of sp³-hybridized carbons (Fsp3) is 0.294. The predicted molar refractivity (Wildman–Crippen MR) is 88.1 cm³/mol. The molecule has 2 aromatic rings. The largest absolute Gasteiger partial charge is 0.480 e. The van der Waals surface area contributed by atoms with Crippen LogP contribution in [0.5, 0.6) is 0 Å². The molecule has 7 nitrogen and oxygen atoms in total. The van der Waals surface area contributed by atoms with Crippen LogP contribution in [0.4, 0.5) is 4.39 Å². The number of carboxylic acids is 1. The van der Waals surface area contributed by atoms with Crippen LogP contribution in [-0.2, 0) is 4.79 Å². The zero-order valence-corrected chi connectivity index (χ0v) is 13.8. The highest BCUT2D eigenvalue weighted by Crippen LogP contribution is 2.08. The molecular formula is C17H18FN3O4. The number of aromatic nitrogens is 2. The fourth-order valence-electron chi connectivity index (χ4n) is 2.22. The van der Waals surface area contributed by atoms with Crippen molar-refractivity contribution in [3.8, 4) is 5.69 Å². The van der Waals surface area contributed by atoms with E-state index in [4.69, 9.17) is 0 Å². The topological polar surface area (TPSA) is 101 Å². The summed E-state index contributed by atoms with van der Waals surface area (Å²) in [7, 11) is 0. The van der Waals surface area contributed by atoms with Gasteiger partial charge in [0, 0.05) is 6.07 Å². The minimum atomic E-state index is -1.14. The first kappa shape index (κ1) is 18.3. The maximum Gasteiger partial charge on any atom is 0.326 e. The summed E-state index contributed by atoms with van der Waals surface area (Å²) < 4.78 is 14.0. The van der Waals surface area contributed by atoms with Crippen molar-refractivity contribution in [1.29, 1.82) is 0 Å². The summed E-state index contributed by atoms with van der Waals surface area (Å²) in [4.78, 5) is 35.5. The minimum absolute atomic E-state index is 0.0718. The van der Waals surface area contributed by atoms with Crippen LogP contribution in [0.2, 0.25) is 0 Å². The van der Waals surface area contributed by atoms with E-state index in [0.717, 1.165) is 10.7 Å². The summed E-state index contributed by atoms with van der Waals surface area (Å²) in [6, 6.07) is 6.34. The lowest BCUT2D eigenvalue weighted by atomic mass is 10.0.